The van der Waals surface area contributed by atoms with E-state index in [1.807, 2.05) is 26.2 Å². The first-order valence-corrected chi connectivity index (χ1v) is 7.72. The van der Waals surface area contributed by atoms with Gasteiger partial charge in [-0.05, 0) is 26.7 Å². The maximum atomic E-state index is 12.0. The average molecular weight is 292 g/mol. The molecule has 2 N–H and O–H groups in total. The molecule has 2 aromatic heterocycles. The molecule has 0 aliphatic carbocycles. The van der Waals surface area contributed by atoms with Crippen molar-refractivity contribution in [3.05, 3.63) is 33.0 Å². The van der Waals surface area contributed by atoms with E-state index in [9.17, 15) is 4.79 Å². The molecule has 0 aliphatic heterocycles. The summed E-state index contributed by atoms with van der Waals surface area (Å²) in [5.74, 6) is -0.103. The highest BCUT2D eigenvalue weighted by molar-refractivity contribution is 7.09. The molecular weight excluding hydrogens is 272 g/mol. The second kappa shape index (κ2) is 6.65. The minimum Gasteiger partial charge on any atom is -0.351 e. The van der Waals surface area contributed by atoms with Gasteiger partial charge in [0, 0.05) is 35.3 Å². The summed E-state index contributed by atoms with van der Waals surface area (Å²) < 4.78 is 0. The van der Waals surface area contributed by atoms with Gasteiger partial charge < -0.3 is 5.32 Å². The third-order valence-corrected chi connectivity index (χ3v) is 4.23. The zero-order valence-electron chi connectivity index (χ0n) is 12.1. The van der Waals surface area contributed by atoms with Crippen molar-refractivity contribution in [3.63, 3.8) is 0 Å². The van der Waals surface area contributed by atoms with Gasteiger partial charge >= 0.3 is 0 Å². The highest BCUT2D eigenvalue weighted by atomic mass is 32.1. The number of H-pyrrole nitrogens is 1. The van der Waals surface area contributed by atoms with Crippen molar-refractivity contribution in [1.29, 1.82) is 0 Å². The monoisotopic (exact) mass is 292 g/mol. The fourth-order valence-corrected chi connectivity index (χ4v) is 2.86. The van der Waals surface area contributed by atoms with Gasteiger partial charge in [0.1, 0.15) is 0 Å². The molecule has 6 heteroatoms. The zero-order chi connectivity index (χ0) is 14.5. The van der Waals surface area contributed by atoms with Crippen LogP contribution in [0.4, 0.5) is 0 Å². The molecule has 0 bridgehead atoms. The second-order valence-corrected chi connectivity index (χ2v) is 5.71. The van der Waals surface area contributed by atoms with Crippen LogP contribution in [-0.4, -0.2) is 27.6 Å². The summed E-state index contributed by atoms with van der Waals surface area (Å²) in [6.45, 7) is 6.60. The molecule has 0 aromatic carbocycles. The number of thiazole rings is 1. The molecule has 0 saturated carbocycles. The summed E-state index contributed by atoms with van der Waals surface area (Å²) in [5.41, 5.74) is 3.54. The molecule has 0 unspecified atom stereocenters. The summed E-state index contributed by atoms with van der Waals surface area (Å²) in [6, 6.07) is 0. The lowest BCUT2D eigenvalue weighted by atomic mass is 10.1. The topological polar surface area (TPSA) is 70.7 Å². The Morgan fingerprint density at radius 3 is 2.85 bits per heavy atom. The lowest BCUT2D eigenvalue weighted by molar-refractivity contribution is 0.0947. The van der Waals surface area contributed by atoms with E-state index in [0.717, 1.165) is 41.2 Å². The van der Waals surface area contributed by atoms with Gasteiger partial charge in [-0.1, -0.05) is 6.92 Å². The largest absolute Gasteiger partial charge is 0.351 e. The van der Waals surface area contributed by atoms with Crippen LogP contribution in [0.15, 0.2) is 5.38 Å². The van der Waals surface area contributed by atoms with Gasteiger partial charge in [-0.2, -0.15) is 5.10 Å². The fraction of sp³-hybridized carbons (Fsp3) is 0.500. The first kappa shape index (κ1) is 14.7. The van der Waals surface area contributed by atoms with Crippen LogP contribution in [0, 0.1) is 13.8 Å². The van der Waals surface area contributed by atoms with E-state index in [0.29, 0.717) is 12.2 Å². The standard InChI is InChI=1S/C14H20N4OS/c1-4-11-10(3)13(18-17-11)14(19)15-7-5-6-12-16-9(2)8-20-12/h8H,4-7H2,1-3H3,(H,15,19)(H,17,18). The maximum Gasteiger partial charge on any atom is 0.272 e. The van der Waals surface area contributed by atoms with Gasteiger partial charge in [0.2, 0.25) is 0 Å². The number of nitrogens with one attached hydrogen (secondary N) is 2. The number of rotatable bonds is 6. The van der Waals surface area contributed by atoms with Crippen molar-refractivity contribution in [2.75, 3.05) is 6.54 Å². The molecule has 2 rings (SSSR count). The lowest BCUT2D eigenvalue weighted by Gasteiger charge is -2.03. The smallest absolute Gasteiger partial charge is 0.272 e. The molecule has 2 heterocycles. The highest BCUT2D eigenvalue weighted by Crippen LogP contribution is 2.11. The Bertz CT molecular complexity index is 588. The second-order valence-electron chi connectivity index (χ2n) is 4.77. The van der Waals surface area contributed by atoms with E-state index in [4.69, 9.17) is 0 Å². The first-order chi connectivity index (χ1) is 9.61. The summed E-state index contributed by atoms with van der Waals surface area (Å²) in [4.78, 5) is 16.4. The van der Waals surface area contributed by atoms with E-state index in [2.05, 4.69) is 20.5 Å². The van der Waals surface area contributed by atoms with E-state index < -0.39 is 0 Å². The van der Waals surface area contributed by atoms with Crippen molar-refractivity contribution >= 4 is 17.2 Å². The number of hydrogen-bond donors (Lipinski definition) is 2. The molecule has 0 saturated heterocycles. The predicted octanol–water partition coefficient (Wildman–Crippen LogP) is 2.41. The van der Waals surface area contributed by atoms with Gasteiger partial charge in [0.25, 0.3) is 5.91 Å². The average Bonchev–Trinajstić information content (AvgIpc) is 3.00. The Kier molecular flexibility index (Phi) is 4.89. The number of aromatic nitrogens is 3. The molecule has 5 nitrogen and oxygen atoms in total. The number of nitrogens with zero attached hydrogens (tertiary/aromatic N) is 2. The molecule has 0 aliphatic rings. The minimum atomic E-state index is -0.103. The molecule has 20 heavy (non-hydrogen) atoms. The number of carbonyl (C=O) groups is 1. The Morgan fingerprint density at radius 1 is 1.45 bits per heavy atom. The van der Waals surface area contributed by atoms with Crippen molar-refractivity contribution in [3.8, 4) is 0 Å². The maximum absolute atomic E-state index is 12.0. The van der Waals surface area contributed by atoms with Crippen LogP contribution >= 0.6 is 11.3 Å². The van der Waals surface area contributed by atoms with Crippen LogP contribution in [0.25, 0.3) is 0 Å². The summed E-state index contributed by atoms with van der Waals surface area (Å²) in [6.07, 6.45) is 2.65. The normalized spacial score (nSPS) is 10.8. The minimum absolute atomic E-state index is 0.103. The first-order valence-electron chi connectivity index (χ1n) is 6.84. The highest BCUT2D eigenvalue weighted by Gasteiger charge is 2.14. The Labute approximate surface area is 122 Å². The number of hydrogen-bond acceptors (Lipinski definition) is 4. The summed E-state index contributed by atoms with van der Waals surface area (Å²) in [7, 11) is 0. The van der Waals surface area contributed by atoms with Crippen LogP contribution in [0.5, 0.6) is 0 Å². The number of aryl methyl sites for hydroxylation is 3. The Morgan fingerprint density at radius 2 is 2.25 bits per heavy atom. The molecule has 2 aromatic rings. The van der Waals surface area contributed by atoms with Gasteiger partial charge in [0.15, 0.2) is 5.69 Å². The number of carbonyl (C=O) groups excluding carboxylic acids is 1. The molecule has 0 radical (unpaired) electrons. The predicted molar refractivity (Wildman–Crippen MR) is 80.2 cm³/mol. The van der Waals surface area contributed by atoms with Crippen LogP contribution in [0.2, 0.25) is 0 Å². The Hall–Kier alpha value is -1.69. The van der Waals surface area contributed by atoms with E-state index >= 15 is 0 Å². The molecule has 1 amide bonds. The van der Waals surface area contributed by atoms with Crippen molar-refractivity contribution < 1.29 is 4.79 Å². The molecule has 0 atom stereocenters. The van der Waals surface area contributed by atoms with Crippen molar-refractivity contribution in [2.45, 2.75) is 40.0 Å². The Balaban J connectivity index is 1.79. The lowest BCUT2D eigenvalue weighted by Crippen LogP contribution is -2.25. The molecule has 0 spiro atoms. The van der Waals surface area contributed by atoms with Gasteiger partial charge in [-0.15, -0.1) is 11.3 Å². The van der Waals surface area contributed by atoms with E-state index in [1.54, 1.807) is 11.3 Å². The number of aromatic amines is 1. The fourth-order valence-electron chi connectivity index (χ4n) is 2.04. The third-order valence-electron chi connectivity index (χ3n) is 3.20. The van der Waals surface area contributed by atoms with Crippen LogP contribution < -0.4 is 5.32 Å². The molecule has 0 fully saturated rings. The van der Waals surface area contributed by atoms with Crippen LogP contribution in [-0.2, 0) is 12.8 Å². The van der Waals surface area contributed by atoms with E-state index in [-0.39, 0.29) is 5.91 Å². The molecule has 108 valence electrons. The SMILES string of the molecule is CCc1[nH]nc(C(=O)NCCCc2nc(C)cs2)c1C. The van der Waals surface area contributed by atoms with Crippen LogP contribution in [0.1, 0.15) is 45.8 Å². The van der Waals surface area contributed by atoms with Gasteiger partial charge in [-0.25, -0.2) is 4.98 Å². The summed E-state index contributed by atoms with van der Waals surface area (Å²) >= 11 is 1.67. The van der Waals surface area contributed by atoms with Crippen molar-refractivity contribution in [2.24, 2.45) is 0 Å². The summed E-state index contributed by atoms with van der Waals surface area (Å²) in [5, 5.41) is 13.1. The zero-order valence-corrected chi connectivity index (χ0v) is 12.9. The number of amides is 1. The van der Waals surface area contributed by atoms with Crippen LogP contribution in [0.3, 0.4) is 0 Å². The molecular formula is C14H20N4OS. The van der Waals surface area contributed by atoms with E-state index in [1.165, 1.54) is 0 Å². The third kappa shape index (κ3) is 3.45. The van der Waals surface area contributed by atoms with Gasteiger partial charge in [-0.3, -0.25) is 9.89 Å². The quantitative estimate of drug-likeness (QED) is 0.803. The van der Waals surface area contributed by atoms with Crippen molar-refractivity contribution in [1.82, 2.24) is 20.5 Å². The van der Waals surface area contributed by atoms with Gasteiger partial charge in [0.05, 0.1) is 5.01 Å².